The van der Waals surface area contributed by atoms with Crippen LogP contribution in [0.1, 0.15) is 36.2 Å². The van der Waals surface area contributed by atoms with Crippen LogP contribution in [0.4, 0.5) is 24.7 Å². The number of halogens is 3. The van der Waals surface area contributed by atoms with Gasteiger partial charge < -0.3 is 4.90 Å². The van der Waals surface area contributed by atoms with Crippen molar-refractivity contribution in [3.63, 3.8) is 0 Å². The summed E-state index contributed by atoms with van der Waals surface area (Å²) in [5.74, 6) is 7.25. The fourth-order valence-corrected chi connectivity index (χ4v) is 4.63. The highest BCUT2D eigenvalue weighted by molar-refractivity contribution is 5.94. The van der Waals surface area contributed by atoms with E-state index in [2.05, 4.69) is 26.9 Å². The first-order valence-corrected chi connectivity index (χ1v) is 11.0. The number of benzene rings is 2. The molecule has 0 N–H and O–H groups in total. The third-order valence-electron chi connectivity index (χ3n) is 6.61. The number of fused-ring (bicyclic) bond motifs is 4. The topological polar surface area (TPSA) is 46.3 Å². The number of anilines is 2. The molecule has 8 heteroatoms. The van der Waals surface area contributed by atoms with Gasteiger partial charge in [0.15, 0.2) is 0 Å². The van der Waals surface area contributed by atoms with Gasteiger partial charge in [-0.05, 0) is 68.5 Å². The van der Waals surface area contributed by atoms with E-state index in [1.165, 1.54) is 12.1 Å². The third kappa shape index (κ3) is 3.14. The summed E-state index contributed by atoms with van der Waals surface area (Å²) in [5, 5.41) is 8.98. The number of hydrogen-bond acceptors (Lipinski definition) is 4. The van der Waals surface area contributed by atoms with Crippen LogP contribution in [0, 0.1) is 30.0 Å². The molecular formula is C25H20F3N5. The average Bonchev–Trinajstić information content (AvgIpc) is 3.53. The third-order valence-corrected chi connectivity index (χ3v) is 6.61. The van der Waals surface area contributed by atoms with Crippen LogP contribution in [-0.4, -0.2) is 32.6 Å². The highest BCUT2D eigenvalue weighted by Crippen LogP contribution is 2.50. The molecule has 0 unspecified atom stereocenters. The van der Waals surface area contributed by atoms with E-state index >= 15 is 0 Å². The van der Waals surface area contributed by atoms with Crippen LogP contribution in [0.15, 0.2) is 36.4 Å². The highest BCUT2D eigenvalue weighted by atomic mass is 19.3. The number of aryl methyl sites for hydroxylation is 1. The van der Waals surface area contributed by atoms with E-state index in [4.69, 9.17) is 4.98 Å². The molecule has 2 aromatic carbocycles. The minimum absolute atomic E-state index is 0.353. The Kier molecular flexibility index (Phi) is 4.37. The minimum atomic E-state index is -2.43. The molecule has 2 aromatic heterocycles. The van der Waals surface area contributed by atoms with E-state index in [1.54, 1.807) is 6.07 Å². The van der Waals surface area contributed by atoms with Crippen molar-refractivity contribution in [2.45, 2.75) is 39.0 Å². The molecule has 33 heavy (non-hydrogen) atoms. The van der Waals surface area contributed by atoms with Crippen molar-refractivity contribution in [2.75, 3.05) is 11.4 Å². The second kappa shape index (κ2) is 7.20. The maximum Gasteiger partial charge on any atom is 0.257 e. The smallest absolute Gasteiger partial charge is 0.257 e. The van der Waals surface area contributed by atoms with Crippen molar-refractivity contribution in [3.05, 3.63) is 59.2 Å². The first kappa shape index (κ1) is 20.0. The van der Waals surface area contributed by atoms with E-state index in [0.29, 0.717) is 42.2 Å². The quantitative estimate of drug-likeness (QED) is 0.396. The van der Waals surface area contributed by atoms with Crippen molar-refractivity contribution in [1.82, 2.24) is 19.6 Å². The van der Waals surface area contributed by atoms with Gasteiger partial charge in [-0.15, -0.1) is 10.2 Å². The zero-order valence-corrected chi connectivity index (χ0v) is 17.9. The molecule has 0 radical (unpaired) electrons. The molecule has 1 fully saturated rings. The normalized spacial score (nSPS) is 16.7. The minimum Gasteiger partial charge on any atom is -0.325 e. The Morgan fingerprint density at radius 3 is 2.76 bits per heavy atom. The Labute approximate surface area is 188 Å². The molecule has 0 amide bonds. The average molecular weight is 447 g/mol. The number of aromatic nitrogens is 4. The van der Waals surface area contributed by atoms with Crippen LogP contribution in [0.5, 0.6) is 0 Å². The van der Waals surface area contributed by atoms with Crippen molar-refractivity contribution in [2.24, 2.45) is 5.41 Å². The van der Waals surface area contributed by atoms with Gasteiger partial charge in [-0.25, -0.2) is 13.2 Å². The lowest BCUT2D eigenvalue weighted by Crippen LogP contribution is -2.26. The summed E-state index contributed by atoms with van der Waals surface area (Å²) in [6, 6.07) is 10.4. The van der Waals surface area contributed by atoms with E-state index < -0.39 is 11.8 Å². The molecule has 0 spiro atoms. The molecule has 0 saturated heterocycles. The first-order chi connectivity index (χ1) is 16.0. The molecule has 6 rings (SSSR count). The SMILES string of the molecule is Cc1nnc2nc(N3CCCc4c(C#CC5(C(F)F)CC5)cccc43)c3cc(F)ccc3n12. The Morgan fingerprint density at radius 2 is 1.97 bits per heavy atom. The molecule has 2 aliphatic rings. The lowest BCUT2D eigenvalue weighted by atomic mass is 9.95. The first-order valence-electron chi connectivity index (χ1n) is 11.0. The van der Waals surface area contributed by atoms with E-state index in [1.807, 2.05) is 29.5 Å². The van der Waals surface area contributed by atoms with E-state index in [0.717, 1.165) is 35.2 Å². The van der Waals surface area contributed by atoms with Crippen LogP contribution in [-0.2, 0) is 6.42 Å². The summed E-state index contributed by atoms with van der Waals surface area (Å²) in [5.41, 5.74) is 2.30. The Hall–Kier alpha value is -3.60. The molecule has 0 atom stereocenters. The fraction of sp³-hybridized carbons (Fsp3) is 0.320. The van der Waals surface area contributed by atoms with Crippen LogP contribution in [0.3, 0.4) is 0 Å². The van der Waals surface area contributed by atoms with Crippen molar-refractivity contribution in [3.8, 4) is 11.8 Å². The summed E-state index contributed by atoms with van der Waals surface area (Å²) in [7, 11) is 0. The summed E-state index contributed by atoms with van der Waals surface area (Å²) in [6.45, 7) is 2.52. The largest absolute Gasteiger partial charge is 0.325 e. The van der Waals surface area contributed by atoms with Gasteiger partial charge in [-0.1, -0.05) is 17.9 Å². The second-order valence-electron chi connectivity index (χ2n) is 8.74. The molecule has 5 nitrogen and oxygen atoms in total. The van der Waals surface area contributed by atoms with Gasteiger partial charge in [0, 0.05) is 23.2 Å². The summed E-state index contributed by atoms with van der Waals surface area (Å²) < 4.78 is 42.8. The van der Waals surface area contributed by atoms with Gasteiger partial charge in [0.05, 0.1) is 10.9 Å². The number of nitrogens with zero attached hydrogens (tertiary/aromatic N) is 5. The van der Waals surface area contributed by atoms with Crippen LogP contribution in [0.25, 0.3) is 16.7 Å². The summed E-state index contributed by atoms with van der Waals surface area (Å²) >= 11 is 0. The summed E-state index contributed by atoms with van der Waals surface area (Å²) in [4.78, 5) is 6.80. The van der Waals surface area contributed by atoms with Crippen molar-refractivity contribution < 1.29 is 13.2 Å². The second-order valence-corrected chi connectivity index (χ2v) is 8.74. The molecule has 3 heterocycles. The van der Waals surface area contributed by atoms with Gasteiger partial charge in [0.1, 0.15) is 17.5 Å². The van der Waals surface area contributed by atoms with E-state index in [-0.39, 0.29) is 5.82 Å². The Bertz CT molecular complexity index is 1480. The predicted octanol–water partition coefficient (Wildman–Crippen LogP) is 5.21. The molecular weight excluding hydrogens is 427 g/mol. The monoisotopic (exact) mass is 447 g/mol. The zero-order chi connectivity index (χ0) is 22.7. The maximum absolute atomic E-state index is 14.3. The van der Waals surface area contributed by atoms with Gasteiger partial charge in [0.2, 0.25) is 0 Å². The van der Waals surface area contributed by atoms with Crippen LogP contribution < -0.4 is 4.90 Å². The zero-order valence-electron chi connectivity index (χ0n) is 17.9. The van der Waals surface area contributed by atoms with Gasteiger partial charge in [0.25, 0.3) is 12.2 Å². The Morgan fingerprint density at radius 1 is 1.12 bits per heavy atom. The number of alkyl halides is 2. The molecule has 166 valence electrons. The highest BCUT2D eigenvalue weighted by Gasteiger charge is 2.50. The van der Waals surface area contributed by atoms with Crippen molar-refractivity contribution >= 4 is 28.2 Å². The lowest BCUT2D eigenvalue weighted by molar-refractivity contribution is 0.0921. The summed E-state index contributed by atoms with van der Waals surface area (Å²) in [6.07, 6.45) is 0.0820. The molecule has 1 aliphatic heterocycles. The molecule has 4 aromatic rings. The predicted molar refractivity (Wildman–Crippen MR) is 119 cm³/mol. The lowest BCUT2D eigenvalue weighted by Gasteiger charge is -2.32. The number of hydrogen-bond donors (Lipinski definition) is 0. The van der Waals surface area contributed by atoms with Crippen molar-refractivity contribution in [1.29, 1.82) is 0 Å². The Balaban J connectivity index is 1.52. The van der Waals surface area contributed by atoms with Gasteiger partial charge >= 0.3 is 0 Å². The van der Waals surface area contributed by atoms with Crippen LogP contribution >= 0.6 is 0 Å². The molecule has 1 saturated carbocycles. The molecule has 1 aliphatic carbocycles. The van der Waals surface area contributed by atoms with Gasteiger partial charge in [-0.3, -0.25) is 4.40 Å². The maximum atomic E-state index is 14.3. The standard InChI is InChI=1S/C25H20F3N5/c1-15-30-31-24-29-22(19-14-17(26)7-8-21(19)33(15)24)32-13-3-5-18-16(4-2-6-20(18)32)9-10-25(11-12-25)23(27)28/h2,4,6-8,14,23H,3,5,11-13H2,1H3. The molecule has 0 bridgehead atoms. The van der Waals surface area contributed by atoms with Gasteiger partial charge in [-0.2, -0.15) is 4.98 Å². The van der Waals surface area contributed by atoms with Crippen LogP contribution in [0.2, 0.25) is 0 Å². The van der Waals surface area contributed by atoms with E-state index in [9.17, 15) is 13.2 Å². The fourth-order valence-electron chi connectivity index (χ4n) is 4.63. The number of rotatable bonds is 2.